The first-order chi connectivity index (χ1) is 13.1. The highest BCUT2D eigenvalue weighted by atomic mass is 35.5. The molecule has 0 unspecified atom stereocenters. The van der Waals surface area contributed by atoms with Gasteiger partial charge in [-0.2, -0.15) is 0 Å². The Hall–Kier alpha value is -2.21. The molecular formula is C20H18Cl2N4O. The van der Waals surface area contributed by atoms with E-state index in [1.165, 1.54) is 0 Å². The largest absolute Gasteiger partial charge is 0.480 e. The molecule has 0 radical (unpaired) electrons. The topological polar surface area (TPSA) is 51.1 Å². The second kappa shape index (κ2) is 7.80. The lowest BCUT2D eigenvalue weighted by Gasteiger charge is -2.28. The minimum absolute atomic E-state index is 0.451. The van der Waals surface area contributed by atoms with Crippen molar-refractivity contribution in [1.29, 1.82) is 0 Å². The molecule has 0 amide bonds. The van der Waals surface area contributed by atoms with Gasteiger partial charge in [-0.05, 0) is 35.9 Å². The van der Waals surface area contributed by atoms with Gasteiger partial charge >= 0.3 is 0 Å². The highest BCUT2D eigenvalue weighted by molar-refractivity contribution is 6.31. The summed E-state index contributed by atoms with van der Waals surface area (Å²) in [6.07, 6.45) is 4.62. The van der Waals surface area contributed by atoms with E-state index >= 15 is 0 Å². The van der Waals surface area contributed by atoms with Gasteiger partial charge in [0.25, 0.3) is 0 Å². The Bertz CT molecular complexity index is 963. The van der Waals surface area contributed by atoms with Crippen LogP contribution in [0.3, 0.4) is 0 Å². The van der Waals surface area contributed by atoms with E-state index in [-0.39, 0.29) is 0 Å². The molecule has 0 atom stereocenters. The predicted molar refractivity (Wildman–Crippen MR) is 106 cm³/mol. The van der Waals surface area contributed by atoms with Gasteiger partial charge in [-0.25, -0.2) is 15.0 Å². The van der Waals surface area contributed by atoms with Gasteiger partial charge < -0.3 is 4.74 Å². The third-order valence-corrected chi connectivity index (χ3v) is 5.10. The highest BCUT2D eigenvalue weighted by Crippen LogP contribution is 2.25. The number of halogens is 2. The van der Waals surface area contributed by atoms with Crippen molar-refractivity contribution in [2.75, 3.05) is 13.7 Å². The molecule has 0 saturated heterocycles. The van der Waals surface area contributed by atoms with Crippen LogP contribution in [0.1, 0.15) is 16.8 Å². The summed E-state index contributed by atoms with van der Waals surface area (Å²) in [6, 6.07) is 9.51. The summed E-state index contributed by atoms with van der Waals surface area (Å²) in [7, 11) is 1.56. The van der Waals surface area contributed by atoms with Crippen LogP contribution in [0.15, 0.2) is 42.7 Å². The minimum atomic E-state index is 0.451. The summed E-state index contributed by atoms with van der Waals surface area (Å²) >= 11 is 12.1. The quantitative estimate of drug-likeness (QED) is 0.648. The number of ether oxygens (including phenoxy) is 1. The van der Waals surface area contributed by atoms with E-state index in [0.29, 0.717) is 15.9 Å². The van der Waals surface area contributed by atoms with E-state index in [1.54, 1.807) is 13.3 Å². The predicted octanol–water partition coefficient (Wildman–Crippen LogP) is 4.41. The van der Waals surface area contributed by atoms with Crippen molar-refractivity contribution in [1.82, 2.24) is 19.9 Å². The number of hydrogen-bond donors (Lipinski definition) is 0. The second-order valence-corrected chi connectivity index (χ2v) is 7.31. The fourth-order valence-corrected chi connectivity index (χ4v) is 3.60. The third-order valence-electron chi connectivity index (χ3n) is 4.58. The van der Waals surface area contributed by atoms with E-state index in [4.69, 9.17) is 32.9 Å². The first kappa shape index (κ1) is 18.2. The maximum atomic E-state index is 6.18. The van der Waals surface area contributed by atoms with Crippen molar-refractivity contribution >= 4 is 23.2 Å². The zero-order valence-corrected chi connectivity index (χ0v) is 16.3. The summed E-state index contributed by atoms with van der Waals surface area (Å²) in [5.74, 6) is 1.19. The fourth-order valence-electron chi connectivity index (χ4n) is 3.21. The summed E-state index contributed by atoms with van der Waals surface area (Å²) in [6.45, 7) is 2.50. The van der Waals surface area contributed by atoms with E-state index in [9.17, 15) is 0 Å². The number of fused-ring (bicyclic) bond motifs is 1. The lowest BCUT2D eigenvalue weighted by atomic mass is 10.1. The lowest BCUT2D eigenvalue weighted by molar-refractivity contribution is 0.242. The number of hydrogen-bond acceptors (Lipinski definition) is 5. The SMILES string of the molecule is COc1ncc(CN2CCc3nc(-c4ccc(Cl)cc4)ncc3C2)cc1Cl. The second-order valence-electron chi connectivity index (χ2n) is 6.47. The summed E-state index contributed by atoms with van der Waals surface area (Å²) in [4.78, 5) is 15.9. The smallest absolute Gasteiger partial charge is 0.232 e. The molecule has 1 aromatic carbocycles. The van der Waals surface area contributed by atoms with Gasteiger partial charge in [0.1, 0.15) is 5.02 Å². The van der Waals surface area contributed by atoms with Gasteiger partial charge in [-0.15, -0.1) is 0 Å². The van der Waals surface area contributed by atoms with Crippen LogP contribution in [0.4, 0.5) is 0 Å². The van der Waals surface area contributed by atoms with E-state index < -0.39 is 0 Å². The van der Waals surface area contributed by atoms with Crippen LogP contribution in [-0.4, -0.2) is 33.5 Å². The van der Waals surface area contributed by atoms with Crippen LogP contribution in [-0.2, 0) is 19.5 Å². The number of nitrogens with zero attached hydrogens (tertiary/aromatic N) is 4. The first-order valence-corrected chi connectivity index (χ1v) is 9.39. The van der Waals surface area contributed by atoms with Crippen LogP contribution >= 0.6 is 23.2 Å². The molecule has 1 aliphatic rings. The lowest BCUT2D eigenvalue weighted by Crippen LogP contribution is -2.31. The number of rotatable bonds is 4. The normalized spacial score (nSPS) is 14.0. The highest BCUT2D eigenvalue weighted by Gasteiger charge is 2.19. The van der Waals surface area contributed by atoms with E-state index in [2.05, 4.69) is 14.9 Å². The Balaban J connectivity index is 1.48. The summed E-state index contributed by atoms with van der Waals surface area (Å²) < 4.78 is 5.11. The van der Waals surface area contributed by atoms with Crippen molar-refractivity contribution in [3.63, 3.8) is 0 Å². The molecule has 2 aromatic heterocycles. The van der Waals surface area contributed by atoms with Gasteiger partial charge in [-0.1, -0.05) is 23.2 Å². The van der Waals surface area contributed by atoms with Crippen molar-refractivity contribution in [2.24, 2.45) is 0 Å². The number of pyridine rings is 1. The average Bonchev–Trinajstić information content (AvgIpc) is 2.68. The standard InChI is InChI=1S/C20H18Cl2N4O/c1-27-20-17(22)8-13(9-24-20)11-26-7-6-18-15(12-26)10-23-19(25-18)14-2-4-16(21)5-3-14/h2-5,8-10H,6-7,11-12H2,1H3. The summed E-state index contributed by atoms with van der Waals surface area (Å²) in [5, 5.41) is 1.24. The van der Waals surface area contributed by atoms with Crippen molar-refractivity contribution in [2.45, 2.75) is 19.5 Å². The van der Waals surface area contributed by atoms with Crippen LogP contribution < -0.4 is 4.74 Å². The molecule has 3 aromatic rings. The van der Waals surface area contributed by atoms with Crippen molar-refractivity contribution < 1.29 is 4.74 Å². The van der Waals surface area contributed by atoms with Crippen LogP contribution in [0.5, 0.6) is 5.88 Å². The molecular weight excluding hydrogens is 383 g/mol. The molecule has 0 bridgehead atoms. The maximum Gasteiger partial charge on any atom is 0.232 e. The fraction of sp³-hybridized carbons (Fsp3) is 0.250. The molecule has 7 heteroatoms. The van der Waals surface area contributed by atoms with E-state index in [0.717, 1.165) is 54.3 Å². The Morgan fingerprint density at radius 1 is 1.11 bits per heavy atom. The summed E-state index contributed by atoms with van der Waals surface area (Å²) in [5.41, 5.74) is 4.30. The van der Waals surface area contributed by atoms with Gasteiger partial charge in [-0.3, -0.25) is 4.90 Å². The average molecular weight is 401 g/mol. The zero-order valence-electron chi connectivity index (χ0n) is 14.8. The Labute approximate surface area is 168 Å². The Morgan fingerprint density at radius 2 is 1.93 bits per heavy atom. The van der Waals surface area contributed by atoms with Crippen LogP contribution in [0.2, 0.25) is 10.0 Å². The van der Waals surface area contributed by atoms with Gasteiger partial charge in [0.2, 0.25) is 5.88 Å². The molecule has 0 aliphatic carbocycles. The molecule has 3 heterocycles. The minimum Gasteiger partial charge on any atom is -0.480 e. The molecule has 0 spiro atoms. The van der Waals surface area contributed by atoms with Gasteiger partial charge in [0.15, 0.2) is 5.82 Å². The zero-order chi connectivity index (χ0) is 18.8. The maximum absolute atomic E-state index is 6.18. The number of benzene rings is 1. The van der Waals surface area contributed by atoms with Crippen molar-refractivity contribution in [3.05, 3.63) is 69.6 Å². The molecule has 138 valence electrons. The van der Waals surface area contributed by atoms with Gasteiger partial charge in [0, 0.05) is 54.6 Å². The molecule has 27 heavy (non-hydrogen) atoms. The molecule has 1 aliphatic heterocycles. The Kier molecular flexibility index (Phi) is 5.25. The van der Waals surface area contributed by atoms with Crippen molar-refractivity contribution in [3.8, 4) is 17.3 Å². The number of aromatic nitrogens is 3. The Morgan fingerprint density at radius 3 is 2.67 bits per heavy atom. The number of methoxy groups -OCH3 is 1. The molecule has 0 fully saturated rings. The third kappa shape index (κ3) is 4.05. The van der Waals surface area contributed by atoms with E-state index in [1.807, 2.05) is 36.5 Å². The monoisotopic (exact) mass is 400 g/mol. The molecule has 5 nitrogen and oxygen atoms in total. The molecule has 4 rings (SSSR count). The molecule has 0 saturated carbocycles. The molecule has 0 N–H and O–H groups in total. The first-order valence-electron chi connectivity index (χ1n) is 8.64. The van der Waals surface area contributed by atoms with Crippen LogP contribution in [0.25, 0.3) is 11.4 Å². The van der Waals surface area contributed by atoms with Crippen LogP contribution in [0, 0.1) is 0 Å². The van der Waals surface area contributed by atoms with Gasteiger partial charge in [0.05, 0.1) is 12.8 Å².